The van der Waals surface area contributed by atoms with Gasteiger partial charge in [-0.3, -0.25) is 18.6 Å². The van der Waals surface area contributed by atoms with Crippen LogP contribution in [-0.2, 0) is 32.7 Å². The lowest BCUT2D eigenvalue weighted by atomic mass is 9.78. The molecule has 10 heteroatoms. The fraction of sp³-hybridized carbons (Fsp3) is 0.900. The number of hydrogen-bond donors (Lipinski definition) is 2. The first kappa shape index (κ1) is 27.4. The number of phosphoric ester groups is 1. The fourth-order valence-corrected chi connectivity index (χ4v) is 4.10. The summed E-state index contributed by atoms with van der Waals surface area (Å²) in [5.41, 5.74) is 3.48. The molecule has 2 atom stereocenters. The molecule has 0 aliphatic heterocycles. The van der Waals surface area contributed by atoms with Crippen molar-refractivity contribution in [3.8, 4) is 0 Å². The van der Waals surface area contributed by atoms with E-state index in [1.807, 2.05) is 13.8 Å². The predicted molar refractivity (Wildman–Crippen MR) is 112 cm³/mol. The van der Waals surface area contributed by atoms with Gasteiger partial charge in [0.2, 0.25) is 5.60 Å². The first-order chi connectivity index (χ1) is 14.3. The Morgan fingerprint density at radius 3 is 2.17 bits per heavy atom. The van der Waals surface area contributed by atoms with Gasteiger partial charge in [-0.05, 0) is 19.3 Å². The highest BCUT2D eigenvalue weighted by Crippen LogP contribution is 2.44. The molecule has 1 aliphatic rings. The Bertz CT molecular complexity index is 555. The Morgan fingerprint density at radius 1 is 1.00 bits per heavy atom. The molecule has 0 aromatic heterocycles. The molecule has 30 heavy (non-hydrogen) atoms. The van der Waals surface area contributed by atoms with Crippen LogP contribution in [-0.4, -0.2) is 61.1 Å². The van der Waals surface area contributed by atoms with Gasteiger partial charge in [-0.1, -0.05) is 39.5 Å². The summed E-state index contributed by atoms with van der Waals surface area (Å²) in [6.07, 6.45) is 4.88. The smallest absolute Gasteiger partial charge is 0.372 e. The number of ether oxygens (including phenoxy) is 2. The highest BCUT2D eigenvalue weighted by molar-refractivity contribution is 7.47. The third kappa shape index (κ3) is 8.46. The van der Waals surface area contributed by atoms with E-state index in [4.69, 9.17) is 24.3 Å². The molecule has 0 aromatic rings. The second kappa shape index (κ2) is 14.4. The largest absolute Gasteiger partial charge is 0.472 e. The molecule has 9 nitrogen and oxygen atoms in total. The van der Waals surface area contributed by atoms with E-state index in [-0.39, 0.29) is 50.8 Å². The van der Waals surface area contributed by atoms with Crippen LogP contribution in [0.4, 0.5) is 0 Å². The number of nitrogens with two attached hydrogens (primary N) is 1. The van der Waals surface area contributed by atoms with E-state index in [1.165, 1.54) is 0 Å². The van der Waals surface area contributed by atoms with E-state index in [0.29, 0.717) is 12.8 Å². The normalized spacial score (nSPS) is 19.6. The third-order valence-electron chi connectivity index (χ3n) is 5.00. The highest BCUT2D eigenvalue weighted by Gasteiger charge is 2.55. The molecule has 1 saturated carbocycles. The summed E-state index contributed by atoms with van der Waals surface area (Å²) in [4.78, 5) is 35.8. The van der Waals surface area contributed by atoms with Gasteiger partial charge >= 0.3 is 7.82 Å². The van der Waals surface area contributed by atoms with Crippen LogP contribution in [0.25, 0.3) is 0 Å². The first-order valence-electron chi connectivity index (χ1n) is 11.0. The zero-order valence-corrected chi connectivity index (χ0v) is 19.2. The van der Waals surface area contributed by atoms with E-state index in [1.54, 1.807) is 0 Å². The molecule has 0 amide bonds. The van der Waals surface area contributed by atoms with Crippen molar-refractivity contribution in [2.75, 3.05) is 33.0 Å². The number of rotatable bonds is 17. The van der Waals surface area contributed by atoms with Gasteiger partial charge in [-0.25, -0.2) is 4.57 Å². The van der Waals surface area contributed by atoms with E-state index < -0.39 is 26.1 Å². The van der Waals surface area contributed by atoms with E-state index in [9.17, 15) is 19.0 Å². The number of hydrogen-bond acceptors (Lipinski definition) is 8. The van der Waals surface area contributed by atoms with Crippen LogP contribution >= 0.6 is 7.82 Å². The molecule has 176 valence electrons. The Labute approximate surface area is 179 Å². The maximum absolute atomic E-state index is 13.0. The lowest BCUT2D eigenvalue weighted by Crippen LogP contribution is -2.62. The van der Waals surface area contributed by atoms with Gasteiger partial charge in [0.05, 0.1) is 13.2 Å². The molecule has 1 rings (SSSR count). The van der Waals surface area contributed by atoms with E-state index >= 15 is 0 Å². The molecule has 3 N–H and O–H groups in total. The van der Waals surface area contributed by atoms with Gasteiger partial charge in [0.1, 0.15) is 6.10 Å². The molecule has 0 saturated heterocycles. The van der Waals surface area contributed by atoms with Gasteiger partial charge in [-0.15, -0.1) is 0 Å². The first-order valence-corrected chi connectivity index (χ1v) is 12.5. The van der Waals surface area contributed by atoms with Gasteiger partial charge < -0.3 is 20.1 Å². The molecule has 0 spiro atoms. The minimum Gasteiger partial charge on any atom is -0.372 e. The molecule has 1 unspecified atom stereocenters. The minimum atomic E-state index is -4.40. The van der Waals surface area contributed by atoms with Gasteiger partial charge in [0.15, 0.2) is 11.6 Å². The van der Waals surface area contributed by atoms with Crippen LogP contribution in [0.1, 0.15) is 71.6 Å². The van der Waals surface area contributed by atoms with Crippen LogP contribution < -0.4 is 5.73 Å². The zero-order chi connectivity index (χ0) is 22.5. The second-order valence-electron chi connectivity index (χ2n) is 7.44. The van der Waals surface area contributed by atoms with Crippen LogP contribution in [0.2, 0.25) is 0 Å². The summed E-state index contributed by atoms with van der Waals surface area (Å²) >= 11 is 0. The molecule has 1 aliphatic carbocycles. The maximum Gasteiger partial charge on any atom is 0.472 e. The molecule has 0 bridgehead atoms. The number of Topliss-reactive ketones (excluding diaryl/α,β-unsaturated/α-hetero) is 2. The van der Waals surface area contributed by atoms with Gasteiger partial charge in [-0.2, -0.15) is 0 Å². The van der Waals surface area contributed by atoms with Crippen LogP contribution in [0.3, 0.4) is 0 Å². The molecule has 0 radical (unpaired) electrons. The van der Waals surface area contributed by atoms with Crippen molar-refractivity contribution < 1.29 is 37.6 Å². The predicted octanol–water partition coefficient (Wildman–Crippen LogP) is 2.92. The fourth-order valence-electron chi connectivity index (χ4n) is 3.36. The number of phosphoric acid groups is 1. The topological polar surface area (TPSA) is 134 Å². The molecular weight excluding hydrogens is 413 g/mol. The Hall–Kier alpha value is -0.670. The zero-order valence-electron chi connectivity index (χ0n) is 18.3. The maximum atomic E-state index is 13.0. The average molecular weight is 451 g/mol. The summed E-state index contributed by atoms with van der Waals surface area (Å²) in [5.74, 6) is -0.732. The van der Waals surface area contributed by atoms with E-state index in [0.717, 1.165) is 32.1 Å². The quantitative estimate of drug-likeness (QED) is 0.194. The van der Waals surface area contributed by atoms with Crippen molar-refractivity contribution in [3.63, 3.8) is 0 Å². The van der Waals surface area contributed by atoms with Crippen LogP contribution in [0, 0.1) is 0 Å². The number of unbranched alkanes of at least 4 members (excludes halogenated alkanes) is 4. The standard InChI is InChI=1S/C20H38NO8P/c1-3-5-7-13-26-19(16-29-30(24,25)28-15-12-21)20(27-14-8-6-4-2)17(22)10-9-11-18(20)23/h19H,3-16,21H2,1-2H3,(H,24,25)/t19-/m0/s1. The third-order valence-corrected chi connectivity index (χ3v) is 5.98. The summed E-state index contributed by atoms with van der Waals surface area (Å²) in [6.45, 7) is 4.00. The van der Waals surface area contributed by atoms with Crippen LogP contribution in [0.15, 0.2) is 0 Å². The molecule has 0 heterocycles. The number of carbonyl (C=O) groups is 2. The van der Waals surface area contributed by atoms with Crippen molar-refractivity contribution in [2.45, 2.75) is 83.3 Å². The number of carbonyl (C=O) groups excluding carboxylic acids is 2. The Balaban J connectivity index is 3.05. The highest BCUT2D eigenvalue weighted by atomic mass is 31.2. The van der Waals surface area contributed by atoms with E-state index in [2.05, 4.69) is 0 Å². The number of ketones is 2. The minimum absolute atomic E-state index is 0.0479. The van der Waals surface area contributed by atoms with Crippen molar-refractivity contribution >= 4 is 19.4 Å². The van der Waals surface area contributed by atoms with Crippen molar-refractivity contribution in [3.05, 3.63) is 0 Å². The molecule has 1 fully saturated rings. The summed E-state index contributed by atoms with van der Waals surface area (Å²) < 4.78 is 33.7. The monoisotopic (exact) mass is 451 g/mol. The Kier molecular flexibility index (Phi) is 13.1. The lowest BCUT2D eigenvalue weighted by molar-refractivity contribution is -0.187. The molecular formula is C20H38NO8P. The SMILES string of the molecule is CCCCCO[C@@H](COP(=O)(O)OCCN)C1(OCCCCC)C(=O)CCCC1=O. The summed E-state index contributed by atoms with van der Waals surface area (Å²) in [5, 5.41) is 0. The lowest BCUT2D eigenvalue weighted by Gasteiger charge is -2.40. The summed E-state index contributed by atoms with van der Waals surface area (Å²) in [6, 6.07) is 0. The summed E-state index contributed by atoms with van der Waals surface area (Å²) in [7, 11) is -4.40. The van der Waals surface area contributed by atoms with Crippen molar-refractivity contribution in [2.24, 2.45) is 5.73 Å². The van der Waals surface area contributed by atoms with Crippen molar-refractivity contribution in [1.82, 2.24) is 0 Å². The molecule has 0 aromatic carbocycles. The Morgan fingerprint density at radius 2 is 1.60 bits per heavy atom. The van der Waals surface area contributed by atoms with Gasteiger partial charge in [0, 0.05) is 32.6 Å². The second-order valence-corrected chi connectivity index (χ2v) is 8.90. The average Bonchev–Trinajstić information content (AvgIpc) is 2.71. The van der Waals surface area contributed by atoms with Crippen molar-refractivity contribution in [1.29, 1.82) is 0 Å². The van der Waals surface area contributed by atoms with Gasteiger partial charge in [0.25, 0.3) is 0 Å². The van der Waals surface area contributed by atoms with Crippen LogP contribution in [0.5, 0.6) is 0 Å².